The minimum absolute atomic E-state index is 0.0399. The average molecular weight is 408 g/mol. The summed E-state index contributed by atoms with van der Waals surface area (Å²) in [5.74, 6) is 2.17. The summed E-state index contributed by atoms with van der Waals surface area (Å²) in [6.45, 7) is 2.07. The van der Waals surface area contributed by atoms with Crippen LogP contribution in [-0.2, 0) is 16.0 Å². The van der Waals surface area contributed by atoms with Crippen LogP contribution in [0.2, 0.25) is 0 Å². The van der Waals surface area contributed by atoms with Gasteiger partial charge >= 0.3 is 0 Å². The summed E-state index contributed by atoms with van der Waals surface area (Å²) in [5, 5.41) is 9.64. The maximum Gasteiger partial charge on any atom is 0.246 e. The second-order valence-electron chi connectivity index (χ2n) is 9.56. The van der Waals surface area contributed by atoms with Crippen molar-refractivity contribution in [2.24, 2.45) is 23.2 Å². The molecule has 0 radical (unpaired) electrons. The molecule has 30 heavy (non-hydrogen) atoms. The highest BCUT2D eigenvalue weighted by molar-refractivity contribution is 5.94. The summed E-state index contributed by atoms with van der Waals surface area (Å²) in [6.07, 6.45) is 7.85. The molecule has 2 N–H and O–H groups in total. The second kappa shape index (κ2) is 7.56. The molecule has 158 valence electrons. The van der Waals surface area contributed by atoms with Crippen molar-refractivity contribution in [2.75, 3.05) is 11.9 Å². The average Bonchev–Trinajstić information content (AvgIpc) is 3.19. The summed E-state index contributed by atoms with van der Waals surface area (Å²) in [7, 11) is 0. The third kappa shape index (κ3) is 3.64. The van der Waals surface area contributed by atoms with Crippen molar-refractivity contribution < 1.29 is 14.1 Å². The fourth-order valence-electron chi connectivity index (χ4n) is 6.30. The maximum atomic E-state index is 13.0. The Morgan fingerprint density at radius 3 is 2.30 bits per heavy atom. The highest BCUT2D eigenvalue weighted by atomic mass is 16.5. The Morgan fingerprint density at radius 1 is 1.07 bits per heavy atom. The van der Waals surface area contributed by atoms with Gasteiger partial charge in [-0.2, -0.15) is 0 Å². The molecule has 1 aromatic heterocycles. The predicted molar refractivity (Wildman–Crippen MR) is 114 cm³/mol. The quantitative estimate of drug-likeness (QED) is 0.753. The summed E-state index contributed by atoms with van der Waals surface area (Å²) < 4.78 is 5.26. The van der Waals surface area contributed by atoms with Crippen LogP contribution in [0.5, 0.6) is 0 Å². The molecule has 2 amide bonds. The Balaban J connectivity index is 1.16. The van der Waals surface area contributed by atoms with E-state index in [0.717, 1.165) is 31.2 Å². The first kappa shape index (κ1) is 19.3. The third-order valence-electron chi connectivity index (χ3n) is 7.36. The molecule has 6 nitrogen and oxygen atoms in total. The standard InChI is InChI=1S/C24H29N3O3/c1-2-15-3-5-19(6-4-15)20-10-22(30-27-20)26-21(28)14-25-23(29)24-11-16-7-17(12-24)9-18(8-16)13-24/h3-6,10,16-18H,2,7-9,11-14H2,1H3,(H,25,29)(H,26,28). The van der Waals surface area contributed by atoms with Gasteiger partial charge in [-0.25, -0.2) is 0 Å². The largest absolute Gasteiger partial charge is 0.347 e. The first-order valence-electron chi connectivity index (χ1n) is 11.2. The van der Waals surface area contributed by atoms with Crippen molar-refractivity contribution in [1.29, 1.82) is 0 Å². The van der Waals surface area contributed by atoms with Crippen LogP contribution in [0, 0.1) is 23.2 Å². The SMILES string of the molecule is CCc1ccc(-c2cc(NC(=O)CNC(=O)C34CC5CC(CC(C5)C3)C4)on2)cc1. The summed E-state index contributed by atoms with van der Waals surface area (Å²) in [5.41, 5.74) is 2.63. The highest BCUT2D eigenvalue weighted by Gasteiger charge is 2.54. The van der Waals surface area contributed by atoms with Gasteiger partial charge in [0, 0.05) is 17.0 Å². The lowest BCUT2D eigenvalue weighted by atomic mass is 9.49. The van der Waals surface area contributed by atoms with Crippen molar-refractivity contribution in [3.8, 4) is 11.3 Å². The first-order valence-corrected chi connectivity index (χ1v) is 11.2. The lowest BCUT2D eigenvalue weighted by molar-refractivity contribution is -0.146. The predicted octanol–water partition coefficient (Wildman–Crippen LogP) is 4.18. The number of anilines is 1. The smallest absolute Gasteiger partial charge is 0.246 e. The van der Waals surface area contributed by atoms with Crippen LogP contribution in [0.15, 0.2) is 34.9 Å². The number of amides is 2. The van der Waals surface area contributed by atoms with E-state index in [4.69, 9.17) is 4.52 Å². The monoisotopic (exact) mass is 407 g/mol. The number of aryl methyl sites for hydroxylation is 1. The Morgan fingerprint density at radius 2 is 1.70 bits per heavy atom. The summed E-state index contributed by atoms with van der Waals surface area (Å²) in [4.78, 5) is 25.3. The van der Waals surface area contributed by atoms with E-state index in [9.17, 15) is 9.59 Å². The van der Waals surface area contributed by atoms with E-state index >= 15 is 0 Å². The molecule has 4 aliphatic rings. The number of aromatic nitrogens is 1. The lowest BCUT2D eigenvalue weighted by Crippen LogP contribution is -2.54. The first-order chi connectivity index (χ1) is 14.5. The number of nitrogens with zero attached hydrogens (tertiary/aromatic N) is 1. The van der Waals surface area contributed by atoms with E-state index < -0.39 is 0 Å². The molecular formula is C24H29N3O3. The maximum absolute atomic E-state index is 13.0. The van der Waals surface area contributed by atoms with Gasteiger partial charge in [0.25, 0.3) is 0 Å². The van der Waals surface area contributed by atoms with E-state index in [1.165, 1.54) is 24.8 Å². The van der Waals surface area contributed by atoms with Crippen LogP contribution >= 0.6 is 0 Å². The molecule has 6 heteroatoms. The zero-order valence-electron chi connectivity index (χ0n) is 17.4. The van der Waals surface area contributed by atoms with Crippen molar-refractivity contribution in [1.82, 2.24) is 10.5 Å². The third-order valence-corrected chi connectivity index (χ3v) is 7.36. The molecule has 0 aliphatic heterocycles. The Labute approximate surface area is 176 Å². The Kier molecular flexibility index (Phi) is 4.88. The van der Waals surface area contributed by atoms with Gasteiger partial charge in [0.2, 0.25) is 17.7 Å². The molecule has 0 unspecified atom stereocenters. The number of rotatable bonds is 6. The Hall–Kier alpha value is -2.63. The van der Waals surface area contributed by atoms with Gasteiger partial charge < -0.3 is 9.84 Å². The van der Waals surface area contributed by atoms with Gasteiger partial charge in [-0.1, -0.05) is 36.3 Å². The topological polar surface area (TPSA) is 84.2 Å². The van der Waals surface area contributed by atoms with Gasteiger partial charge in [-0.05, 0) is 68.3 Å². The molecule has 4 fully saturated rings. The molecule has 4 aliphatic carbocycles. The summed E-state index contributed by atoms with van der Waals surface area (Å²) in [6, 6.07) is 9.81. The molecule has 4 saturated carbocycles. The molecular weight excluding hydrogens is 378 g/mol. The van der Waals surface area contributed by atoms with Crippen LogP contribution < -0.4 is 10.6 Å². The summed E-state index contributed by atoms with van der Waals surface area (Å²) >= 11 is 0. The number of benzene rings is 1. The van der Waals surface area contributed by atoms with E-state index in [2.05, 4.69) is 34.8 Å². The van der Waals surface area contributed by atoms with Crippen LogP contribution in [-0.4, -0.2) is 23.5 Å². The number of hydrogen-bond donors (Lipinski definition) is 2. The molecule has 0 saturated heterocycles. The molecule has 6 rings (SSSR count). The van der Waals surface area contributed by atoms with Gasteiger partial charge in [0.05, 0.1) is 6.54 Å². The van der Waals surface area contributed by atoms with Gasteiger partial charge in [0.15, 0.2) is 0 Å². The van der Waals surface area contributed by atoms with E-state index in [-0.39, 0.29) is 23.8 Å². The van der Waals surface area contributed by atoms with Crippen LogP contribution in [0.3, 0.4) is 0 Å². The van der Waals surface area contributed by atoms with Crippen molar-refractivity contribution >= 4 is 17.7 Å². The molecule has 0 spiro atoms. The minimum Gasteiger partial charge on any atom is -0.347 e. The number of hydrogen-bond acceptors (Lipinski definition) is 4. The van der Waals surface area contributed by atoms with E-state index in [1.807, 2.05) is 12.1 Å². The van der Waals surface area contributed by atoms with Gasteiger partial charge in [-0.3, -0.25) is 14.9 Å². The van der Waals surface area contributed by atoms with Crippen LogP contribution in [0.25, 0.3) is 11.3 Å². The zero-order valence-corrected chi connectivity index (χ0v) is 17.4. The fourth-order valence-corrected chi connectivity index (χ4v) is 6.30. The van der Waals surface area contributed by atoms with Gasteiger partial charge in [-0.15, -0.1) is 0 Å². The van der Waals surface area contributed by atoms with E-state index in [0.29, 0.717) is 29.3 Å². The molecule has 1 aromatic carbocycles. The van der Waals surface area contributed by atoms with Crippen LogP contribution in [0.1, 0.15) is 51.0 Å². The molecule has 4 bridgehead atoms. The second-order valence-corrected chi connectivity index (χ2v) is 9.56. The molecule has 1 heterocycles. The van der Waals surface area contributed by atoms with E-state index in [1.54, 1.807) is 6.07 Å². The normalized spacial score (nSPS) is 29.0. The Bertz CT molecular complexity index is 912. The van der Waals surface area contributed by atoms with Crippen molar-refractivity contribution in [3.63, 3.8) is 0 Å². The number of carbonyl (C=O) groups excluding carboxylic acids is 2. The fraction of sp³-hybridized carbons (Fsp3) is 0.542. The van der Waals surface area contributed by atoms with Crippen LogP contribution in [0.4, 0.5) is 5.88 Å². The number of nitrogens with one attached hydrogen (secondary N) is 2. The van der Waals surface area contributed by atoms with Crippen molar-refractivity contribution in [2.45, 2.75) is 51.9 Å². The number of carbonyl (C=O) groups is 2. The highest BCUT2D eigenvalue weighted by Crippen LogP contribution is 2.60. The molecule has 2 aromatic rings. The minimum atomic E-state index is -0.294. The van der Waals surface area contributed by atoms with Crippen molar-refractivity contribution in [3.05, 3.63) is 35.9 Å². The van der Waals surface area contributed by atoms with Gasteiger partial charge in [0.1, 0.15) is 5.69 Å². The lowest BCUT2D eigenvalue weighted by Gasteiger charge is -2.55. The zero-order chi connectivity index (χ0) is 20.7. The molecule has 0 atom stereocenters.